The molecule has 10 heteroatoms. The lowest BCUT2D eigenvalue weighted by Crippen LogP contribution is -2.59. The van der Waals surface area contributed by atoms with Crippen molar-refractivity contribution in [3.63, 3.8) is 0 Å². The van der Waals surface area contributed by atoms with E-state index < -0.39 is 17.7 Å². The molecule has 0 spiro atoms. The van der Waals surface area contributed by atoms with Crippen LogP contribution in [-0.4, -0.2) is 91.4 Å². The maximum absolute atomic E-state index is 13.8. The van der Waals surface area contributed by atoms with E-state index in [1.54, 1.807) is 6.92 Å². The molecule has 1 saturated carbocycles. The van der Waals surface area contributed by atoms with Crippen molar-refractivity contribution >= 4 is 18.0 Å². The Bertz CT molecular complexity index is 892. The molecule has 2 amide bonds. The van der Waals surface area contributed by atoms with Gasteiger partial charge in [-0.15, -0.1) is 4.99 Å². The highest BCUT2D eigenvalue weighted by Gasteiger charge is 2.44. The van der Waals surface area contributed by atoms with Gasteiger partial charge in [0.15, 0.2) is 0 Å². The van der Waals surface area contributed by atoms with E-state index in [0.717, 1.165) is 19.4 Å². The molecule has 0 radical (unpaired) electrons. The fourth-order valence-electron chi connectivity index (χ4n) is 5.63. The van der Waals surface area contributed by atoms with Crippen LogP contribution in [0.2, 0.25) is 0 Å². The number of carbonyl (C=O) groups excluding carboxylic acids is 2. The zero-order chi connectivity index (χ0) is 28.0. The van der Waals surface area contributed by atoms with Crippen molar-refractivity contribution in [2.24, 2.45) is 15.8 Å². The van der Waals surface area contributed by atoms with Crippen LogP contribution in [0, 0.1) is 22.2 Å². The molecule has 2 heterocycles. The number of nitrogens with one attached hydrogen (secondary N) is 2. The minimum Gasteiger partial charge on any atom is -0.448 e. The molecule has 0 aromatic rings. The molecule has 0 aromatic heterocycles. The summed E-state index contributed by atoms with van der Waals surface area (Å²) in [6.45, 7) is 16.2. The van der Waals surface area contributed by atoms with Crippen molar-refractivity contribution in [2.75, 3.05) is 46.0 Å². The van der Waals surface area contributed by atoms with E-state index in [9.17, 15) is 14.9 Å². The van der Waals surface area contributed by atoms with Gasteiger partial charge in [0.25, 0.3) is 0 Å². The monoisotopic (exact) mass is 532 g/mol. The lowest BCUT2D eigenvalue weighted by molar-refractivity contribution is -0.124. The van der Waals surface area contributed by atoms with Gasteiger partial charge in [-0.3, -0.25) is 9.69 Å². The summed E-state index contributed by atoms with van der Waals surface area (Å²) in [5.41, 5.74) is -0.739. The summed E-state index contributed by atoms with van der Waals surface area (Å²) < 4.78 is 10.5. The molecule has 214 valence electrons. The number of aliphatic imine (C=N–C) groups is 1. The Morgan fingerprint density at radius 2 is 1.82 bits per heavy atom. The van der Waals surface area contributed by atoms with Crippen LogP contribution in [-0.2, 0) is 14.3 Å². The molecular formula is C28H48N6O4. The number of guanidine groups is 1. The molecular weight excluding hydrogens is 484 g/mol. The van der Waals surface area contributed by atoms with Crippen LogP contribution in [0.25, 0.3) is 0 Å². The van der Waals surface area contributed by atoms with E-state index in [1.807, 2.05) is 4.90 Å². The fourth-order valence-corrected chi connectivity index (χ4v) is 5.63. The quantitative estimate of drug-likeness (QED) is 0.395. The van der Waals surface area contributed by atoms with Crippen molar-refractivity contribution < 1.29 is 19.1 Å². The number of amides is 2. The molecule has 10 nitrogen and oxygen atoms in total. The zero-order valence-corrected chi connectivity index (χ0v) is 24.3. The summed E-state index contributed by atoms with van der Waals surface area (Å²) in [6, 6.07) is 2.23. The van der Waals surface area contributed by atoms with E-state index >= 15 is 0 Å². The number of ether oxygens (including phenoxy) is 2. The summed E-state index contributed by atoms with van der Waals surface area (Å²) in [7, 11) is 0. The molecule has 38 heavy (non-hydrogen) atoms. The maximum Gasteiger partial charge on any atom is 0.436 e. The smallest absolute Gasteiger partial charge is 0.436 e. The minimum absolute atomic E-state index is 0.189. The second kappa shape index (κ2) is 12.6. The molecule has 3 fully saturated rings. The average molecular weight is 533 g/mol. The van der Waals surface area contributed by atoms with Crippen molar-refractivity contribution in [1.29, 1.82) is 5.26 Å². The normalized spacial score (nSPS) is 25.9. The highest BCUT2D eigenvalue weighted by Crippen LogP contribution is 2.38. The van der Waals surface area contributed by atoms with Crippen LogP contribution >= 0.6 is 0 Å². The van der Waals surface area contributed by atoms with Gasteiger partial charge in [-0.1, -0.05) is 34.6 Å². The van der Waals surface area contributed by atoms with Crippen LogP contribution in [0.5, 0.6) is 0 Å². The van der Waals surface area contributed by atoms with Crippen LogP contribution in [0.3, 0.4) is 0 Å². The van der Waals surface area contributed by atoms with Crippen molar-refractivity contribution in [1.82, 2.24) is 20.4 Å². The van der Waals surface area contributed by atoms with Gasteiger partial charge in [-0.25, -0.2) is 4.79 Å². The van der Waals surface area contributed by atoms with Crippen molar-refractivity contribution in [2.45, 2.75) is 97.7 Å². The Labute approximate surface area is 228 Å². The van der Waals surface area contributed by atoms with E-state index in [2.05, 4.69) is 61.2 Å². The summed E-state index contributed by atoms with van der Waals surface area (Å²) in [4.78, 5) is 34.5. The van der Waals surface area contributed by atoms with Gasteiger partial charge in [0, 0.05) is 32.2 Å². The summed E-state index contributed by atoms with van der Waals surface area (Å²) in [6.07, 6.45) is 5.02. The first-order valence-electron chi connectivity index (χ1n) is 14.2. The number of hydrogen-bond donors (Lipinski definition) is 2. The maximum atomic E-state index is 13.8. The molecule has 0 bridgehead atoms. The zero-order valence-electron chi connectivity index (χ0n) is 24.3. The molecule has 0 aromatic carbocycles. The molecule has 3 rings (SSSR count). The topological polar surface area (TPSA) is 119 Å². The predicted molar refractivity (Wildman–Crippen MR) is 147 cm³/mol. The predicted octanol–water partition coefficient (Wildman–Crippen LogP) is 3.28. The van der Waals surface area contributed by atoms with Crippen LogP contribution < -0.4 is 10.6 Å². The molecule has 2 unspecified atom stereocenters. The number of nitriles is 1. The first kappa shape index (κ1) is 30.2. The third-order valence-corrected chi connectivity index (χ3v) is 7.91. The third kappa shape index (κ3) is 8.57. The number of hydrogen-bond acceptors (Lipinski definition) is 6. The Morgan fingerprint density at radius 1 is 1.16 bits per heavy atom. The highest BCUT2D eigenvalue weighted by molar-refractivity contribution is 5.94. The van der Waals surface area contributed by atoms with Crippen LogP contribution in [0.4, 0.5) is 4.79 Å². The molecule has 2 atom stereocenters. The van der Waals surface area contributed by atoms with Crippen LogP contribution in [0.15, 0.2) is 4.99 Å². The Kier molecular flexibility index (Phi) is 10.0. The number of carbonyl (C=O) groups is 2. The summed E-state index contributed by atoms with van der Waals surface area (Å²) in [5, 5.41) is 16.6. The number of nitrogens with zero attached hydrogens (tertiary/aromatic N) is 4. The first-order chi connectivity index (χ1) is 17.9. The van der Waals surface area contributed by atoms with Crippen LogP contribution in [0.1, 0.15) is 80.1 Å². The van der Waals surface area contributed by atoms with Gasteiger partial charge < -0.3 is 25.0 Å². The third-order valence-electron chi connectivity index (χ3n) is 7.91. The van der Waals surface area contributed by atoms with Gasteiger partial charge in [0.2, 0.25) is 11.9 Å². The standard InChI is InChI=1S/C28H48N6O4/c1-7-38-25(36)31-24(33-14-16-37-17-15-33)30-22(18-26(2,3)4)23(35)32-28(19-29)12-13-34(20-28)21-8-10-27(5,6)11-9-21/h21-22H,7-18,20H2,1-6H3,(H,32,35)(H,30,31,36). The second-order valence-electron chi connectivity index (χ2n) is 13.0. The van der Waals surface area contributed by atoms with Gasteiger partial charge in [0.1, 0.15) is 11.6 Å². The highest BCUT2D eigenvalue weighted by atomic mass is 16.5. The van der Waals surface area contributed by atoms with Gasteiger partial charge in [0.05, 0.1) is 25.9 Å². The SMILES string of the molecule is CCOC(=O)/N=C(\NC(CC(C)(C)C)C(=O)NC1(C#N)CCN(C2CCC(C)(C)CC2)C1)N1CCOCC1. The van der Waals surface area contributed by atoms with E-state index in [-0.39, 0.29) is 17.9 Å². The first-order valence-corrected chi connectivity index (χ1v) is 14.2. The number of morpholine rings is 1. The Balaban J connectivity index is 1.75. The lowest BCUT2D eigenvalue weighted by Gasteiger charge is -2.39. The van der Waals surface area contributed by atoms with E-state index in [0.29, 0.717) is 63.1 Å². The average Bonchev–Trinajstić information content (AvgIpc) is 3.27. The van der Waals surface area contributed by atoms with Crippen molar-refractivity contribution in [3.8, 4) is 6.07 Å². The minimum atomic E-state index is -0.931. The lowest BCUT2D eigenvalue weighted by atomic mass is 9.75. The molecule has 2 saturated heterocycles. The Morgan fingerprint density at radius 3 is 2.39 bits per heavy atom. The summed E-state index contributed by atoms with van der Waals surface area (Å²) >= 11 is 0. The van der Waals surface area contributed by atoms with Gasteiger partial charge in [-0.05, 0) is 56.3 Å². The Hall–Kier alpha value is -2.38. The largest absolute Gasteiger partial charge is 0.448 e. The van der Waals surface area contributed by atoms with E-state index in [1.165, 1.54) is 12.8 Å². The number of likely N-dealkylation sites (tertiary alicyclic amines) is 1. The fraction of sp³-hybridized carbons (Fsp3) is 0.857. The molecule has 1 aliphatic carbocycles. The summed E-state index contributed by atoms with van der Waals surface area (Å²) in [5.74, 6) is 0.0537. The van der Waals surface area contributed by atoms with E-state index in [4.69, 9.17) is 9.47 Å². The van der Waals surface area contributed by atoms with Gasteiger partial charge in [-0.2, -0.15) is 5.26 Å². The molecule has 2 aliphatic heterocycles. The van der Waals surface area contributed by atoms with Crippen molar-refractivity contribution in [3.05, 3.63) is 0 Å². The molecule has 2 N–H and O–H groups in total. The molecule has 3 aliphatic rings. The number of rotatable bonds is 6. The second-order valence-corrected chi connectivity index (χ2v) is 13.0. The van der Waals surface area contributed by atoms with Gasteiger partial charge >= 0.3 is 6.09 Å².